The minimum absolute atomic E-state index is 0.0229. The number of alkyl halides is 2. The molecule has 0 bridgehead atoms. The maximum Gasteiger partial charge on any atom is 0.265 e. The molecule has 1 saturated heterocycles. The SMILES string of the molecule is O=C(CCc1c(-c2ccc(F)cc2)[nH]c2c(C(F)F)cc(F)cc12)N[C@@H]1C(=O)NC[C@H]1O. The summed E-state index contributed by atoms with van der Waals surface area (Å²) in [4.78, 5) is 27.0. The van der Waals surface area contributed by atoms with E-state index in [0.29, 0.717) is 16.8 Å². The molecule has 10 heteroatoms. The molecule has 0 saturated carbocycles. The maximum absolute atomic E-state index is 14.1. The van der Waals surface area contributed by atoms with Crippen molar-refractivity contribution in [3.63, 3.8) is 0 Å². The average molecular weight is 449 g/mol. The molecule has 0 unspecified atom stereocenters. The van der Waals surface area contributed by atoms with Crippen LogP contribution in [0.2, 0.25) is 0 Å². The van der Waals surface area contributed by atoms with Crippen molar-refractivity contribution in [2.24, 2.45) is 0 Å². The summed E-state index contributed by atoms with van der Waals surface area (Å²) in [6.07, 6.45) is -4.13. The van der Waals surface area contributed by atoms with Crippen LogP contribution in [0.1, 0.15) is 24.0 Å². The number of aromatic nitrogens is 1. The van der Waals surface area contributed by atoms with Gasteiger partial charge in [0.2, 0.25) is 11.8 Å². The molecule has 4 N–H and O–H groups in total. The Labute approximate surface area is 179 Å². The van der Waals surface area contributed by atoms with Crippen molar-refractivity contribution in [3.8, 4) is 11.3 Å². The second kappa shape index (κ2) is 8.62. The second-order valence-electron chi connectivity index (χ2n) is 7.56. The predicted octanol–water partition coefficient (Wildman–Crippen LogP) is 2.96. The first-order valence-corrected chi connectivity index (χ1v) is 9.88. The molecule has 1 aliphatic rings. The van der Waals surface area contributed by atoms with Crippen molar-refractivity contribution >= 4 is 22.7 Å². The van der Waals surface area contributed by atoms with E-state index >= 15 is 0 Å². The van der Waals surface area contributed by atoms with Gasteiger partial charge in [0, 0.05) is 29.6 Å². The van der Waals surface area contributed by atoms with Gasteiger partial charge < -0.3 is 20.7 Å². The normalized spacial score (nSPS) is 18.4. The van der Waals surface area contributed by atoms with Crippen LogP contribution in [0.4, 0.5) is 17.6 Å². The highest BCUT2D eigenvalue weighted by molar-refractivity contribution is 5.94. The number of aryl methyl sites for hydroxylation is 1. The molecule has 2 atom stereocenters. The van der Waals surface area contributed by atoms with Crippen molar-refractivity contribution in [1.29, 1.82) is 0 Å². The highest BCUT2D eigenvalue weighted by Gasteiger charge is 2.34. The fourth-order valence-corrected chi connectivity index (χ4v) is 3.89. The largest absolute Gasteiger partial charge is 0.389 e. The van der Waals surface area contributed by atoms with E-state index in [1.54, 1.807) is 0 Å². The quantitative estimate of drug-likeness (QED) is 0.436. The molecule has 4 rings (SSSR count). The molecule has 0 spiro atoms. The number of hydrogen-bond acceptors (Lipinski definition) is 3. The van der Waals surface area contributed by atoms with Crippen LogP contribution in [0.15, 0.2) is 36.4 Å². The Hall–Kier alpha value is -3.40. The van der Waals surface area contributed by atoms with E-state index in [2.05, 4.69) is 15.6 Å². The van der Waals surface area contributed by atoms with E-state index in [0.717, 1.165) is 12.1 Å². The average Bonchev–Trinajstić information content (AvgIpc) is 3.26. The number of aromatic amines is 1. The zero-order chi connectivity index (χ0) is 23.0. The third kappa shape index (κ3) is 4.18. The zero-order valence-corrected chi connectivity index (χ0v) is 16.6. The maximum atomic E-state index is 14.1. The summed E-state index contributed by atoms with van der Waals surface area (Å²) < 4.78 is 54.5. The van der Waals surface area contributed by atoms with Crippen LogP contribution in [-0.2, 0) is 16.0 Å². The topological polar surface area (TPSA) is 94.2 Å². The number of halogens is 4. The number of H-pyrrole nitrogens is 1. The number of nitrogens with one attached hydrogen (secondary N) is 3. The molecule has 1 aliphatic heterocycles. The molecular formula is C22H19F4N3O3. The standard InChI is InChI=1S/C22H19F4N3O3/c23-11-3-1-10(2-4-11)18-13(5-6-17(31)28-20-16(30)9-27-22(20)32)14-7-12(24)8-15(21(25)26)19(14)29-18/h1-4,7-8,16,20-21,29-30H,5-6,9H2,(H,27,32)(H,28,31)/t16-,20+/m1/s1. The number of carbonyl (C=O) groups excluding carboxylic acids is 2. The van der Waals surface area contributed by atoms with Crippen molar-refractivity contribution < 1.29 is 32.3 Å². The molecule has 6 nitrogen and oxygen atoms in total. The molecule has 0 radical (unpaired) electrons. The van der Waals surface area contributed by atoms with Gasteiger partial charge in [0.1, 0.15) is 23.8 Å². The summed E-state index contributed by atoms with van der Waals surface area (Å²) in [6, 6.07) is 6.06. The highest BCUT2D eigenvalue weighted by atomic mass is 19.3. The molecule has 1 aromatic heterocycles. The molecule has 2 aromatic carbocycles. The van der Waals surface area contributed by atoms with Crippen LogP contribution >= 0.6 is 0 Å². The molecular weight excluding hydrogens is 430 g/mol. The van der Waals surface area contributed by atoms with Gasteiger partial charge in [-0.15, -0.1) is 0 Å². The van der Waals surface area contributed by atoms with E-state index in [9.17, 15) is 32.3 Å². The summed E-state index contributed by atoms with van der Waals surface area (Å²) in [5, 5.41) is 14.8. The summed E-state index contributed by atoms with van der Waals surface area (Å²) >= 11 is 0. The lowest BCUT2D eigenvalue weighted by Gasteiger charge is -2.14. The number of β-amino-alcohol motifs (C(OH)–C–C–N with tert-alkyl or cyclic N) is 1. The molecule has 168 valence electrons. The van der Waals surface area contributed by atoms with Crippen molar-refractivity contribution in [1.82, 2.24) is 15.6 Å². The Balaban J connectivity index is 1.69. The summed E-state index contributed by atoms with van der Waals surface area (Å²) in [5.74, 6) is -2.39. The van der Waals surface area contributed by atoms with E-state index in [1.807, 2.05) is 0 Å². The lowest BCUT2D eigenvalue weighted by Crippen LogP contribution is -2.45. The van der Waals surface area contributed by atoms with Crippen molar-refractivity contribution in [2.75, 3.05) is 6.54 Å². The summed E-state index contributed by atoms with van der Waals surface area (Å²) in [6.45, 7) is 0.0244. The van der Waals surface area contributed by atoms with Gasteiger partial charge in [-0.25, -0.2) is 17.6 Å². The number of rotatable bonds is 6. The van der Waals surface area contributed by atoms with Crippen LogP contribution in [0.5, 0.6) is 0 Å². The number of aliphatic hydroxyl groups is 1. The fourth-order valence-electron chi connectivity index (χ4n) is 3.89. The Morgan fingerprint density at radius 3 is 2.50 bits per heavy atom. The van der Waals surface area contributed by atoms with Gasteiger partial charge >= 0.3 is 0 Å². The number of amides is 2. The van der Waals surface area contributed by atoms with Gasteiger partial charge in [0.15, 0.2) is 0 Å². The predicted molar refractivity (Wildman–Crippen MR) is 108 cm³/mol. The molecule has 2 amide bonds. The van der Waals surface area contributed by atoms with E-state index in [4.69, 9.17) is 0 Å². The molecule has 1 fully saturated rings. The molecule has 3 aromatic rings. The first-order chi connectivity index (χ1) is 15.2. The van der Waals surface area contributed by atoms with Crippen LogP contribution < -0.4 is 10.6 Å². The Morgan fingerprint density at radius 1 is 1.16 bits per heavy atom. The Morgan fingerprint density at radius 2 is 1.88 bits per heavy atom. The minimum atomic E-state index is -2.94. The lowest BCUT2D eigenvalue weighted by molar-refractivity contribution is -0.128. The number of fused-ring (bicyclic) bond motifs is 1. The third-order valence-corrected chi connectivity index (χ3v) is 5.45. The van der Waals surface area contributed by atoms with Crippen LogP contribution in [0.3, 0.4) is 0 Å². The first kappa shape index (κ1) is 21.8. The van der Waals surface area contributed by atoms with Gasteiger partial charge in [-0.1, -0.05) is 0 Å². The third-order valence-electron chi connectivity index (χ3n) is 5.45. The van der Waals surface area contributed by atoms with Gasteiger partial charge in [-0.05, 0) is 53.9 Å². The number of aliphatic hydroxyl groups excluding tert-OH is 1. The van der Waals surface area contributed by atoms with Crippen molar-refractivity contribution in [3.05, 3.63) is 59.2 Å². The molecule has 0 aliphatic carbocycles. The van der Waals surface area contributed by atoms with E-state index in [-0.39, 0.29) is 30.3 Å². The number of carbonyl (C=O) groups is 2. The summed E-state index contributed by atoms with van der Waals surface area (Å²) in [5.41, 5.74) is 0.745. The summed E-state index contributed by atoms with van der Waals surface area (Å²) in [7, 11) is 0. The van der Waals surface area contributed by atoms with Gasteiger partial charge in [0.25, 0.3) is 6.43 Å². The van der Waals surface area contributed by atoms with Gasteiger partial charge in [-0.2, -0.15) is 0 Å². The smallest absolute Gasteiger partial charge is 0.265 e. The monoisotopic (exact) mass is 449 g/mol. The number of hydrogen-bond donors (Lipinski definition) is 4. The molecule has 32 heavy (non-hydrogen) atoms. The van der Waals surface area contributed by atoms with Crippen LogP contribution in [0.25, 0.3) is 22.2 Å². The first-order valence-electron chi connectivity index (χ1n) is 9.88. The van der Waals surface area contributed by atoms with Gasteiger partial charge in [0.05, 0.1) is 5.52 Å². The fraction of sp³-hybridized carbons (Fsp3) is 0.273. The Kier molecular flexibility index (Phi) is 5.88. The number of benzene rings is 2. The zero-order valence-electron chi connectivity index (χ0n) is 16.6. The van der Waals surface area contributed by atoms with Crippen LogP contribution in [-0.4, -0.2) is 40.6 Å². The minimum Gasteiger partial charge on any atom is -0.389 e. The van der Waals surface area contributed by atoms with E-state index in [1.165, 1.54) is 24.3 Å². The second-order valence-corrected chi connectivity index (χ2v) is 7.56. The van der Waals surface area contributed by atoms with Crippen LogP contribution in [0, 0.1) is 11.6 Å². The Bertz CT molecular complexity index is 1180. The van der Waals surface area contributed by atoms with Crippen molar-refractivity contribution in [2.45, 2.75) is 31.4 Å². The highest BCUT2D eigenvalue weighted by Crippen LogP contribution is 2.36. The molecule has 2 heterocycles. The van der Waals surface area contributed by atoms with E-state index < -0.39 is 47.6 Å². The lowest BCUT2D eigenvalue weighted by atomic mass is 9.99. The van der Waals surface area contributed by atoms with Gasteiger partial charge in [-0.3, -0.25) is 9.59 Å².